The van der Waals surface area contributed by atoms with E-state index in [1.165, 1.54) is 0 Å². The molecule has 0 radical (unpaired) electrons. The summed E-state index contributed by atoms with van der Waals surface area (Å²) in [7, 11) is 0. The van der Waals surface area contributed by atoms with Crippen LogP contribution in [0.2, 0.25) is 0 Å². The Morgan fingerprint density at radius 1 is 1.33 bits per heavy atom. The van der Waals surface area contributed by atoms with Gasteiger partial charge in [0, 0.05) is 12.2 Å². The van der Waals surface area contributed by atoms with Crippen molar-refractivity contribution in [3.63, 3.8) is 0 Å². The molecular formula is C15H20N2O4. The number of nitrogens with one attached hydrogen (secondary N) is 2. The molecule has 21 heavy (non-hydrogen) atoms. The molecule has 0 bridgehead atoms. The van der Waals surface area contributed by atoms with E-state index in [4.69, 9.17) is 9.84 Å². The fraction of sp³-hybridized carbons (Fsp3) is 0.333. The minimum absolute atomic E-state index is 0.0751. The van der Waals surface area contributed by atoms with Crippen LogP contribution in [-0.2, 0) is 16.0 Å². The van der Waals surface area contributed by atoms with Crippen molar-refractivity contribution in [2.24, 2.45) is 0 Å². The Kier molecular flexibility index (Phi) is 7.60. The van der Waals surface area contributed by atoms with Crippen LogP contribution in [0.5, 0.6) is 0 Å². The van der Waals surface area contributed by atoms with E-state index in [2.05, 4.69) is 17.2 Å². The second-order valence-electron chi connectivity index (χ2n) is 4.34. The zero-order valence-electron chi connectivity index (χ0n) is 11.8. The number of carboxylic acid groups (broad SMARTS) is 1. The zero-order chi connectivity index (χ0) is 15.5. The number of carbonyl (C=O) groups is 2. The molecule has 6 heteroatoms. The molecule has 0 saturated heterocycles. The summed E-state index contributed by atoms with van der Waals surface area (Å²) in [5.41, 5.74) is 1.19. The van der Waals surface area contributed by atoms with E-state index in [9.17, 15) is 9.59 Å². The summed E-state index contributed by atoms with van der Waals surface area (Å²) < 4.78 is 5.26. The maximum atomic E-state index is 11.6. The van der Waals surface area contributed by atoms with Gasteiger partial charge in [0.25, 0.3) is 0 Å². The summed E-state index contributed by atoms with van der Waals surface area (Å²) in [6.07, 6.45) is 2.47. The lowest BCUT2D eigenvalue weighted by Crippen LogP contribution is -2.31. The maximum absolute atomic E-state index is 11.6. The number of urea groups is 1. The van der Waals surface area contributed by atoms with Gasteiger partial charge in [-0.2, -0.15) is 0 Å². The Bertz CT molecular complexity index is 488. The highest BCUT2D eigenvalue weighted by Crippen LogP contribution is 2.11. The van der Waals surface area contributed by atoms with Crippen LogP contribution in [0.3, 0.4) is 0 Å². The third-order valence-electron chi connectivity index (χ3n) is 2.54. The Hall–Kier alpha value is -2.34. The van der Waals surface area contributed by atoms with Crippen LogP contribution in [-0.4, -0.2) is 36.9 Å². The lowest BCUT2D eigenvalue weighted by Gasteiger charge is -2.08. The Labute approximate surface area is 123 Å². The largest absolute Gasteiger partial charge is 0.481 e. The van der Waals surface area contributed by atoms with E-state index >= 15 is 0 Å². The molecule has 0 aliphatic carbocycles. The van der Waals surface area contributed by atoms with Gasteiger partial charge < -0.3 is 20.5 Å². The molecular weight excluding hydrogens is 272 g/mol. The summed E-state index contributed by atoms with van der Waals surface area (Å²) in [6.45, 7) is 5.00. The predicted molar refractivity (Wildman–Crippen MR) is 80.4 cm³/mol. The molecule has 0 atom stereocenters. The van der Waals surface area contributed by atoms with Crippen LogP contribution in [0.15, 0.2) is 36.9 Å². The molecule has 2 amide bonds. The monoisotopic (exact) mass is 292 g/mol. The van der Waals surface area contributed by atoms with Gasteiger partial charge in [0.2, 0.25) is 0 Å². The first-order valence-corrected chi connectivity index (χ1v) is 6.66. The van der Waals surface area contributed by atoms with Crippen molar-refractivity contribution in [1.29, 1.82) is 0 Å². The zero-order valence-corrected chi connectivity index (χ0v) is 11.8. The smallest absolute Gasteiger partial charge is 0.319 e. The maximum Gasteiger partial charge on any atom is 0.319 e. The fourth-order valence-corrected chi connectivity index (χ4v) is 1.61. The van der Waals surface area contributed by atoms with Gasteiger partial charge in [-0.15, -0.1) is 6.58 Å². The first-order valence-electron chi connectivity index (χ1n) is 6.66. The van der Waals surface area contributed by atoms with Crippen molar-refractivity contribution in [2.75, 3.05) is 25.1 Å². The van der Waals surface area contributed by atoms with Crippen molar-refractivity contribution in [3.8, 4) is 0 Å². The molecule has 0 heterocycles. The van der Waals surface area contributed by atoms with E-state index in [0.717, 1.165) is 6.42 Å². The van der Waals surface area contributed by atoms with Crippen LogP contribution in [0.4, 0.5) is 10.5 Å². The number of hydrogen-bond acceptors (Lipinski definition) is 3. The molecule has 0 aromatic heterocycles. The average Bonchev–Trinajstić information content (AvgIpc) is 2.42. The van der Waals surface area contributed by atoms with Crippen molar-refractivity contribution < 1.29 is 19.4 Å². The lowest BCUT2D eigenvalue weighted by atomic mass is 10.1. The van der Waals surface area contributed by atoms with Crippen LogP contribution in [0.25, 0.3) is 0 Å². The fourth-order valence-electron chi connectivity index (χ4n) is 1.61. The normalized spacial score (nSPS) is 9.90. The van der Waals surface area contributed by atoms with E-state index in [-0.39, 0.29) is 12.5 Å². The quantitative estimate of drug-likeness (QED) is 0.480. The number of anilines is 1. The van der Waals surface area contributed by atoms with E-state index in [1.807, 2.05) is 0 Å². The molecule has 1 rings (SSSR count). The number of hydrogen-bond donors (Lipinski definition) is 3. The highest BCUT2D eigenvalue weighted by molar-refractivity contribution is 5.89. The minimum Gasteiger partial charge on any atom is -0.481 e. The molecule has 0 spiro atoms. The summed E-state index contributed by atoms with van der Waals surface area (Å²) in [6, 6.07) is 6.38. The second kappa shape index (κ2) is 9.55. The van der Waals surface area contributed by atoms with Crippen LogP contribution >= 0.6 is 0 Å². The molecule has 0 unspecified atom stereocenters. The molecule has 6 nitrogen and oxygen atoms in total. The van der Waals surface area contributed by atoms with Crippen molar-refractivity contribution in [2.45, 2.75) is 12.8 Å². The summed E-state index contributed by atoms with van der Waals surface area (Å²) in [5, 5.41) is 14.0. The van der Waals surface area contributed by atoms with Gasteiger partial charge in [-0.3, -0.25) is 4.79 Å². The number of ether oxygens (including phenoxy) is 1. The lowest BCUT2D eigenvalue weighted by molar-refractivity contribution is -0.136. The van der Waals surface area contributed by atoms with Gasteiger partial charge >= 0.3 is 12.0 Å². The summed E-state index contributed by atoms with van der Waals surface area (Å²) >= 11 is 0. The topological polar surface area (TPSA) is 87.7 Å². The highest BCUT2D eigenvalue weighted by Gasteiger charge is 2.04. The molecule has 1 aromatic carbocycles. The van der Waals surface area contributed by atoms with Gasteiger partial charge in [-0.25, -0.2) is 4.79 Å². The first-order chi connectivity index (χ1) is 10.1. The number of rotatable bonds is 9. The van der Waals surface area contributed by atoms with Crippen molar-refractivity contribution >= 4 is 17.7 Å². The SMILES string of the molecule is C=CCCOCCNC(=O)Nc1cccc(CC(=O)O)c1. The Balaban J connectivity index is 2.30. The number of benzene rings is 1. The van der Waals surface area contributed by atoms with Crippen LogP contribution in [0, 0.1) is 0 Å². The highest BCUT2D eigenvalue weighted by atomic mass is 16.5. The average molecular weight is 292 g/mol. The molecule has 3 N–H and O–H groups in total. The number of carbonyl (C=O) groups excluding carboxylic acids is 1. The van der Waals surface area contributed by atoms with Gasteiger partial charge in [0.1, 0.15) is 0 Å². The Morgan fingerprint density at radius 2 is 2.14 bits per heavy atom. The molecule has 0 aliphatic rings. The molecule has 0 fully saturated rings. The van der Waals surface area contributed by atoms with E-state index < -0.39 is 5.97 Å². The number of amides is 2. The standard InChI is InChI=1S/C15H20N2O4/c1-2-3-8-21-9-7-16-15(20)17-13-6-4-5-12(10-13)11-14(18)19/h2,4-6,10H,1,3,7-9,11H2,(H,18,19)(H2,16,17,20). The van der Waals surface area contributed by atoms with Gasteiger partial charge in [-0.1, -0.05) is 18.2 Å². The van der Waals surface area contributed by atoms with Crippen LogP contribution < -0.4 is 10.6 Å². The van der Waals surface area contributed by atoms with Gasteiger partial charge in [0.15, 0.2) is 0 Å². The molecule has 0 aliphatic heterocycles. The molecule has 114 valence electrons. The summed E-state index contributed by atoms with van der Waals surface area (Å²) in [5.74, 6) is -0.909. The Morgan fingerprint density at radius 3 is 2.86 bits per heavy atom. The van der Waals surface area contributed by atoms with Crippen LogP contribution in [0.1, 0.15) is 12.0 Å². The predicted octanol–water partition coefficient (Wildman–Crippen LogP) is 2.03. The minimum atomic E-state index is -0.909. The molecule has 1 aromatic rings. The third kappa shape index (κ3) is 7.74. The van der Waals surface area contributed by atoms with E-state index in [1.54, 1.807) is 30.3 Å². The second-order valence-corrected chi connectivity index (χ2v) is 4.34. The first kappa shape index (κ1) is 16.7. The number of aliphatic carboxylic acids is 1. The van der Waals surface area contributed by atoms with Gasteiger partial charge in [0.05, 0.1) is 19.6 Å². The summed E-state index contributed by atoms with van der Waals surface area (Å²) in [4.78, 5) is 22.3. The van der Waals surface area contributed by atoms with Gasteiger partial charge in [-0.05, 0) is 24.1 Å². The van der Waals surface area contributed by atoms with Crippen molar-refractivity contribution in [3.05, 3.63) is 42.5 Å². The third-order valence-corrected chi connectivity index (χ3v) is 2.54. The van der Waals surface area contributed by atoms with E-state index in [0.29, 0.717) is 31.0 Å². The number of carboxylic acids is 1. The molecule has 0 saturated carbocycles. The van der Waals surface area contributed by atoms with Crippen molar-refractivity contribution in [1.82, 2.24) is 5.32 Å².